The van der Waals surface area contributed by atoms with Crippen LogP contribution >= 0.6 is 0 Å². The van der Waals surface area contributed by atoms with Crippen molar-refractivity contribution in [3.63, 3.8) is 0 Å². The fraction of sp³-hybridized carbons (Fsp3) is 0.362. The number of hydroxylamine groups is 3. The Balaban J connectivity index is 0.000000146. The topological polar surface area (TPSA) is 345 Å². The van der Waals surface area contributed by atoms with E-state index in [-0.39, 0.29) is 51.5 Å². The first-order valence-corrected chi connectivity index (χ1v) is 45.0. The van der Waals surface area contributed by atoms with Crippen LogP contribution < -0.4 is 48.7 Å². The van der Waals surface area contributed by atoms with Crippen LogP contribution in [0.15, 0.2) is 185 Å². The van der Waals surface area contributed by atoms with E-state index in [1.165, 1.54) is 82.0 Å². The van der Waals surface area contributed by atoms with Crippen LogP contribution in [0.25, 0.3) is 50.2 Å². The molecular formula is C94H108N20O11S. The smallest absolute Gasteiger partial charge is 0.280 e. The molecule has 3 aliphatic heterocycles. The van der Waals surface area contributed by atoms with Crippen molar-refractivity contribution in [2.24, 2.45) is 0 Å². The summed E-state index contributed by atoms with van der Waals surface area (Å²) < 4.78 is 30.5. The van der Waals surface area contributed by atoms with Gasteiger partial charge in [0.2, 0.25) is 44.2 Å². The maximum Gasteiger partial charge on any atom is 0.280 e. The standard InChI is InChI=1S/C32H37N7O3.C31H35N7O3.C31H36N6O5S/c1-3-42-36-31(41)28-21-39(26-12-9-23-5-4-6-24(23)19-26)30-27(29(28)40)20-33-32(35-30)34-25-10-7-22(8-11-25)13-14-38-17-15-37(2)16-18-38;1-36-14-16-37(17-15-36)13-12-21-6-9-24(10-7-21)33-31-32-19-26-28(39)27(30(40)35-41-2)20-38(29(26)34-31)25-11-8-22-4-3-5-23(22)18-25;1-5-21-6-12-25(13-7-21)37-19-27(30(39)35-42-20(2)3)28(38)26-18-32-31(34-29(26)37)33-24-10-8-22(9-11-24)23-14-16-36(17-15-23)43(4,40)41/h7-12,19-21H,3-6,13-18H2,1-2H3,(H,36,41)(H,33,34,35);6-11,18-20H,3-5,12-17H2,1-2H3,(H,35,40)(H,32,33,34);6-13,18-20,23H,5,14-17H2,1-4H3,(H,35,39)(H,32,33,34). The lowest BCUT2D eigenvalue weighted by molar-refractivity contribution is 0.0000934. The zero-order valence-electron chi connectivity index (χ0n) is 72.5. The highest BCUT2D eigenvalue weighted by Crippen LogP contribution is 2.33. The Morgan fingerprint density at radius 2 is 0.849 bits per heavy atom. The number of rotatable bonds is 26. The number of likely N-dealkylation sites (N-methyl/N-ethyl adjacent to an activating group) is 2. The van der Waals surface area contributed by atoms with Crippen LogP contribution in [0, 0.1) is 0 Å². The first-order chi connectivity index (χ1) is 61.0. The molecule has 5 aliphatic rings. The van der Waals surface area contributed by atoms with E-state index in [0.29, 0.717) is 47.9 Å². The summed E-state index contributed by atoms with van der Waals surface area (Å²) in [5.74, 6) is -0.559. The van der Waals surface area contributed by atoms with Gasteiger partial charge >= 0.3 is 0 Å². The largest absolute Gasteiger partial charge is 0.324 e. The summed E-state index contributed by atoms with van der Waals surface area (Å²) in [5.41, 5.74) is 21.5. The molecule has 0 unspecified atom stereocenters. The lowest BCUT2D eigenvalue weighted by Gasteiger charge is -2.32. The van der Waals surface area contributed by atoms with Gasteiger partial charge in [0.1, 0.15) is 16.7 Å². The molecule has 32 heteroatoms. The molecule has 2 aliphatic carbocycles. The van der Waals surface area contributed by atoms with Gasteiger partial charge < -0.3 is 49.3 Å². The molecule has 0 spiro atoms. The fourth-order valence-corrected chi connectivity index (χ4v) is 17.3. The molecule has 31 nitrogen and oxygen atoms in total. The Morgan fingerprint density at radius 3 is 1.25 bits per heavy atom. The quantitative estimate of drug-likeness (QED) is 0.0274. The van der Waals surface area contributed by atoms with Crippen LogP contribution in [0.1, 0.15) is 135 Å². The number of amides is 3. The second-order valence-corrected chi connectivity index (χ2v) is 34.8. The van der Waals surface area contributed by atoms with Gasteiger partial charge in [-0.2, -0.15) is 15.0 Å². The number of aromatic nitrogens is 9. The molecule has 12 aromatic rings. The van der Waals surface area contributed by atoms with Crippen LogP contribution in [0.5, 0.6) is 0 Å². The van der Waals surface area contributed by atoms with Crippen molar-refractivity contribution >= 4 is 95.8 Å². The number of nitrogens with one attached hydrogen (secondary N) is 6. The summed E-state index contributed by atoms with van der Waals surface area (Å²) >= 11 is 0. The van der Waals surface area contributed by atoms with Crippen LogP contribution in [-0.2, 0) is 69.5 Å². The predicted octanol–water partition coefficient (Wildman–Crippen LogP) is 10.9. The van der Waals surface area contributed by atoms with Crippen LogP contribution in [0.2, 0.25) is 0 Å². The molecule has 6 aromatic heterocycles. The van der Waals surface area contributed by atoms with Crippen molar-refractivity contribution in [3.05, 3.63) is 263 Å². The van der Waals surface area contributed by atoms with Gasteiger partial charge in [-0.05, 0) is 229 Å². The number of carbonyl (C=O) groups excluding carboxylic acids is 3. The summed E-state index contributed by atoms with van der Waals surface area (Å²) in [5, 5.41) is 10.5. The summed E-state index contributed by atoms with van der Waals surface area (Å²) in [6.07, 6.45) is 20.7. The van der Waals surface area contributed by atoms with Crippen LogP contribution in [-0.4, -0.2) is 212 Å². The van der Waals surface area contributed by atoms with Gasteiger partial charge in [-0.15, -0.1) is 0 Å². The Bertz CT molecular complexity index is 6250. The van der Waals surface area contributed by atoms with Gasteiger partial charge in [-0.3, -0.25) is 43.3 Å². The third kappa shape index (κ3) is 21.4. The maximum atomic E-state index is 13.4. The van der Waals surface area contributed by atoms with Crippen molar-refractivity contribution in [2.45, 2.75) is 110 Å². The van der Waals surface area contributed by atoms with E-state index in [1.54, 1.807) is 40.7 Å². The average molecular weight is 1730 g/mol. The zero-order valence-corrected chi connectivity index (χ0v) is 73.3. The Kier molecular flexibility index (Phi) is 28.3. The van der Waals surface area contributed by atoms with E-state index in [4.69, 9.17) is 24.5 Å². The van der Waals surface area contributed by atoms with E-state index in [1.807, 2.05) is 84.9 Å². The van der Waals surface area contributed by atoms with Crippen LogP contribution in [0.4, 0.5) is 34.9 Å². The molecular weight excluding hydrogens is 1620 g/mol. The number of benzene rings is 6. The van der Waals surface area contributed by atoms with Crippen molar-refractivity contribution in [1.29, 1.82) is 0 Å². The number of hydrogen-bond acceptors (Lipinski definition) is 24. The summed E-state index contributed by atoms with van der Waals surface area (Å²) in [6, 6.07) is 44.8. The Hall–Kier alpha value is -12.4. The second kappa shape index (κ2) is 40.3. The van der Waals surface area contributed by atoms with Gasteiger partial charge in [0, 0.05) is 150 Å². The number of anilines is 6. The van der Waals surface area contributed by atoms with E-state index in [0.717, 1.165) is 181 Å². The minimum absolute atomic E-state index is 0.0343. The summed E-state index contributed by atoms with van der Waals surface area (Å²) in [4.78, 5) is 131. The van der Waals surface area contributed by atoms with Crippen molar-refractivity contribution in [3.8, 4) is 17.1 Å². The van der Waals surface area contributed by atoms with E-state index in [2.05, 4.69) is 141 Å². The van der Waals surface area contributed by atoms with Crippen LogP contribution in [0.3, 0.4) is 0 Å². The highest BCUT2D eigenvalue weighted by atomic mass is 32.2. The number of pyridine rings is 3. The minimum atomic E-state index is -3.17. The zero-order chi connectivity index (χ0) is 88.1. The molecule has 3 fully saturated rings. The van der Waals surface area contributed by atoms with Gasteiger partial charge in [-0.25, -0.2) is 44.1 Å². The second-order valence-electron chi connectivity index (χ2n) is 32.9. The van der Waals surface area contributed by atoms with Gasteiger partial charge in [0.15, 0.2) is 16.9 Å². The van der Waals surface area contributed by atoms with E-state index >= 15 is 0 Å². The summed E-state index contributed by atoms with van der Waals surface area (Å²) in [7, 11) is 2.52. The number of hydrogen-bond donors (Lipinski definition) is 6. The SMILES string of the molecule is CCONC(=O)c1cn(-c2ccc3c(c2)CCC3)c2nc(Nc3ccc(CCN4CCN(C)CC4)cc3)ncc2c1=O.CCc1ccc(-n2cc(C(=O)NOC(C)C)c(=O)c3cnc(Nc4ccc(C5CCN(S(C)(=O)=O)CC5)cc4)nc32)cc1.CONC(=O)c1cn(-c2ccc3c(c2)CCC3)c2nc(Nc3ccc(CCN4CCN(C)CC4)cc3)ncc2c1=O. The van der Waals surface area contributed by atoms with Crippen molar-refractivity contribution in [2.75, 3.05) is 129 Å². The number of sulfonamides is 1. The lowest BCUT2D eigenvalue weighted by atomic mass is 9.90. The monoisotopic (exact) mass is 1720 g/mol. The normalized spacial score (nSPS) is 15.3. The molecule has 17 rings (SSSR count). The highest BCUT2D eigenvalue weighted by molar-refractivity contribution is 7.88. The van der Waals surface area contributed by atoms with Gasteiger partial charge in [0.25, 0.3) is 17.7 Å². The molecule has 3 amide bonds. The first kappa shape index (κ1) is 88.5. The van der Waals surface area contributed by atoms with E-state index in [9.17, 15) is 37.2 Å². The number of nitrogens with zero attached hydrogens (tertiary/aromatic N) is 14. The minimum Gasteiger partial charge on any atom is -0.324 e. The predicted molar refractivity (Wildman–Crippen MR) is 489 cm³/mol. The Labute approximate surface area is 731 Å². The average Bonchev–Trinajstić information content (AvgIpc) is 0.994. The van der Waals surface area contributed by atoms with Crippen molar-refractivity contribution in [1.82, 2.24) is 84.0 Å². The lowest BCUT2D eigenvalue weighted by Crippen LogP contribution is -2.45. The van der Waals surface area contributed by atoms with E-state index < -0.39 is 44.0 Å². The molecule has 9 heterocycles. The number of piperidine rings is 1. The molecule has 0 saturated carbocycles. The summed E-state index contributed by atoms with van der Waals surface area (Å²) in [6.45, 7) is 19.8. The number of aryl methyl sites for hydroxylation is 5. The van der Waals surface area contributed by atoms with Crippen molar-refractivity contribution < 1.29 is 37.3 Å². The fourth-order valence-electron chi connectivity index (χ4n) is 16.4. The van der Waals surface area contributed by atoms with Gasteiger partial charge in [0.05, 0.1) is 42.2 Å². The number of carbonyl (C=O) groups is 3. The highest BCUT2D eigenvalue weighted by Gasteiger charge is 2.29. The third-order valence-corrected chi connectivity index (χ3v) is 25.1. The first-order valence-electron chi connectivity index (χ1n) is 43.2. The molecule has 6 N–H and O–H groups in total. The van der Waals surface area contributed by atoms with Gasteiger partial charge in [-0.1, -0.05) is 67.6 Å². The molecule has 0 bridgehead atoms. The molecule has 0 atom stereocenters. The third-order valence-electron chi connectivity index (χ3n) is 23.8. The molecule has 126 heavy (non-hydrogen) atoms. The Morgan fingerprint density at radius 1 is 0.468 bits per heavy atom. The molecule has 0 radical (unpaired) electrons. The maximum absolute atomic E-state index is 13.4. The number of piperazine rings is 2. The number of fused-ring (bicyclic) bond motifs is 5. The molecule has 6 aromatic carbocycles. The molecule has 3 saturated heterocycles. The molecule has 656 valence electrons.